The van der Waals surface area contributed by atoms with Crippen LogP contribution in [0.3, 0.4) is 0 Å². The molecule has 2 heterocycles. The van der Waals surface area contributed by atoms with Crippen molar-refractivity contribution in [1.82, 2.24) is 25.1 Å². The highest BCUT2D eigenvalue weighted by Gasteiger charge is 2.52. The van der Waals surface area contributed by atoms with Gasteiger partial charge >= 0.3 is 6.03 Å². The van der Waals surface area contributed by atoms with E-state index in [4.69, 9.17) is 0 Å². The SMILES string of the molecule is C[C@@H](NC(=O)CCN1C(=O)NC2(CCCC2)C1=O)c1ccc(-n2ccnc2)cc1. The van der Waals surface area contributed by atoms with Gasteiger partial charge in [-0.2, -0.15) is 0 Å². The lowest BCUT2D eigenvalue weighted by atomic mass is 9.98. The summed E-state index contributed by atoms with van der Waals surface area (Å²) in [6, 6.07) is 7.29. The molecule has 1 spiro atoms. The zero-order valence-electron chi connectivity index (χ0n) is 16.4. The Bertz CT molecular complexity index is 901. The Morgan fingerprint density at radius 3 is 2.62 bits per heavy atom. The second-order valence-electron chi connectivity index (χ2n) is 7.78. The number of amides is 4. The van der Waals surface area contributed by atoms with Crippen LogP contribution in [0.15, 0.2) is 43.0 Å². The second kappa shape index (κ2) is 7.69. The summed E-state index contributed by atoms with van der Waals surface area (Å²) in [6.45, 7) is 2.01. The molecule has 1 atom stereocenters. The van der Waals surface area contributed by atoms with Gasteiger partial charge in [0, 0.05) is 31.0 Å². The lowest BCUT2D eigenvalue weighted by Gasteiger charge is -2.20. The summed E-state index contributed by atoms with van der Waals surface area (Å²) >= 11 is 0. The summed E-state index contributed by atoms with van der Waals surface area (Å²) in [5, 5.41) is 5.77. The Labute approximate surface area is 169 Å². The van der Waals surface area contributed by atoms with Gasteiger partial charge in [0.15, 0.2) is 0 Å². The summed E-state index contributed by atoms with van der Waals surface area (Å²) < 4.78 is 1.91. The lowest BCUT2D eigenvalue weighted by molar-refractivity contribution is -0.131. The van der Waals surface area contributed by atoms with E-state index in [9.17, 15) is 14.4 Å². The van der Waals surface area contributed by atoms with Crippen molar-refractivity contribution in [2.75, 3.05) is 6.54 Å². The maximum Gasteiger partial charge on any atom is 0.325 e. The highest BCUT2D eigenvalue weighted by molar-refractivity contribution is 6.07. The van der Waals surface area contributed by atoms with Gasteiger partial charge in [-0.3, -0.25) is 14.5 Å². The summed E-state index contributed by atoms with van der Waals surface area (Å²) in [7, 11) is 0. The molecular formula is C21H25N5O3. The number of aromatic nitrogens is 2. The lowest BCUT2D eigenvalue weighted by Crippen LogP contribution is -2.44. The molecule has 0 radical (unpaired) electrons. The molecule has 0 bridgehead atoms. The Morgan fingerprint density at radius 2 is 1.97 bits per heavy atom. The van der Waals surface area contributed by atoms with Crippen LogP contribution in [0.2, 0.25) is 0 Å². The summed E-state index contributed by atoms with van der Waals surface area (Å²) in [5.74, 6) is -0.375. The third-order valence-electron chi connectivity index (χ3n) is 5.84. The number of hydrogen-bond acceptors (Lipinski definition) is 4. The number of hydrogen-bond donors (Lipinski definition) is 2. The van der Waals surface area contributed by atoms with Crippen molar-refractivity contribution in [2.45, 2.75) is 50.6 Å². The van der Waals surface area contributed by atoms with Gasteiger partial charge in [0.25, 0.3) is 5.91 Å². The Hall–Kier alpha value is -3.16. The number of carbonyl (C=O) groups is 3. The van der Waals surface area contributed by atoms with E-state index >= 15 is 0 Å². The first-order valence-electron chi connectivity index (χ1n) is 10.0. The number of nitrogens with zero attached hydrogens (tertiary/aromatic N) is 3. The minimum Gasteiger partial charge on any atom is -0.350 e. The van der Waals surface area contributed by atoms with Crippen molar-refractivity contribution in [2.24, 2.45) is 0 Å². The Kier molecular flexibility index (Phi) is 5.08. The van der Waals surface area contributed by atoms with E-state index in [2.05, 4.69) is 15.6 Å². The predicted octanol–water partition coefficient (Wildman–Crippen LogP) is 2.30. The smallest absolute Gasteiger partial charge is 0.325 e. The van der Waals surface area contributed by atoms with Gasteiger partial charge < -0.3 is 15.2 Å². The number of benzene rings is 1. The van der Waals surface area contributed by atoms with Gasteiger partial charge in [-0.25, -0.2) is 9.78 Å². The minimum absolute atomic E-state index is 0.0900. The first kappa shape index (κ1) is 19.2. The molecule has 1 aromatic heterocycles. The van der Waals surface area contributed by atoms with Gasteiger partial charge in [-0.1, -0.05) is 25.0 Å². The molecule has 8 heteroatoms. The van der Waals surface area contributed by atoms with Crippen molar-refractivity contribution in [3.05, 3.63) is 48.5 Å². The van der Waals surface area contributed by atoms with Crippen LogP contribution in [0.4, 0.5) is 4.79 Å². The van der Waals surface area contributed by atoms with Crippen LogP contribution >= 0.6 is 0 Å². The van der Waals surface area contributed by atoms with Gasteiger partial charge in [-0.15, -0.1) is 0 Å². The van der Waals surface area contributed by atoms with Crippen molar-refractivity contribution in [3.63, 3.8) is 0 Å². The van der Waals surface area contributed by atoms with E-state index in [0.717, 1.165) is 24.1 Å². The zero-order valence-corrected chi connectivity index (χ0v) is 16.4. The summed E-state index contributed by atoms with van der Waals surface area (Å²) in [4.78, 5) is 42.4. The average Bonchev–Trinajstić information content (AvgIpc) is 3.44. The molecule has 1 aromatic carbocycles. The summed E-state index contributed by atoms with van der Waals surface area (Å²) in [5.41, 5.74) is 1.24. The molecule has 2 fully saturated rings. The molecule has 8 nitrogen and oxygen atoms in total. The highest BCUT2D eigenvalue weighted by Crippen LogP contribution is 2.35. The van der Waals surface area contributed by atoms with Crippen LogP contribution in [0.1, 0.15) is 50.6 Å². The van der Waals surface area contributed by atoms with Crippen molar-refractivity contribution in [1.29, 1.82) is 0 Å². The fourth-order valence-corrected chi connectivity index (χ4v) is 4.15. The standard InChI is InChI=1S/C21H25N5O3/c1-15(16-4-6-17(7-5-16)25-13-11-22-14-25)23-18(27)8-12-26-19(28)21(24-20(26)29)9-2-3-10-21/h4-7,11,13-15H,2-3,8-10,12H2,1H3,(H,23,27)(H,24,29)/t15-/m1/s1. The van der Waals surface area contributed by atoms with Crippen molar-refractivity contribution < 1.29 is 14.4 Å². The van der Waals surface area contributed by atoms with E-state index in [1.165, 1.54) is 4.90 Å². The molecule has 4 amide bonds. The number of nitrogens with one attached hydrogen (secondary N) is 2. The number of carbonyl (C=O) groups excluding carboxylic acids is 3. The van der Waals surface area contributed by atoms with Gasteiger partial charge in [-0.05, 0) is 37.5 Å². The van der Waals surface area contributed by atoms with E-state index in [0.29, 0.717) is 12.8 Å². The molecule has 152 valence electrons. The molecule has 0 unspecified atom stereocenters. The van der Waals surface area contributed by atoms with Crippen LogP contribution in [0.5, 0.6) is 0 Å². The van der Waals surface area contributed by atoms with Crippen LogP contribution in [-0.2, 0) is 9.59 Å². The van der Waals surface area contributed by atoms with Crippen molar-refractivity contribution >= 4 is 17.8 Å². The van der Waals surface area contributed by atoms with E-state index < -0.39 is 5.54 Å². The third kappa shape index (κ3) is 3.74. The van der Waals surface area contributed by atoms with Crippen LogP contribution in [0, 0.1) is 0 Å². The van der Waals surface area contributed by atoms with Crippen LogP contribution < -0.4 is 10.6 Å². The van der Waals surface area contributed by atoms with Crippen LogP contribution in [0.25, 0.3) is 5.69 Å². The highest BCUT2D eigenvalue weighted by atomic mass is 16.2. The molecule has 2 aromatic rings. The first-order valence-corrected chi connectivity index (χ1v) is 10.0. The average molecular weight is 395 g/mol. The summed E-state index contributed by atoms with van der Waals surface area (Å²) in [6.07, 6.45) is 8.66. The fourth-order valence-electron chi connectivity index (χ4n) is 4.15. The largest absolute Gasteiger partial charge is 0.350 e. The third-order valence-corrected chi connectivity index (χ3v) is 5.84. The maximum atomic E-state index is 12.6. The molecule has 4 rings (SSSR count). The zero-order chi connectivity index (χ0) is 20.4. The number of urea groups is 1. The fraction of sp³-hybridized carbons (Fsp3) is 0.429. The second-order valence-corrected chi connectivity index (χ2v) is 7.78. The molecule has 1 saturated heterocycles. The van der Waals surface area contributed by atoms with Crippen molar-refractivity contribution in [3.8, 4) is 5.69 Å². The van der Waals surface area contributed by atoms with E-state index in [1.54, 1.807) is 12.5 Å². The number of imide groups is 1. The van der Waals surface area contributed by atoms with Gasteiger partial charge in [0.2, 0.25) is 5.91 Å². The Morgan fingerprint density at radius 1 is 1.24 bits per heavy atom. The van der Waals surface area contributed by atoms with E-state index in [1.807, 2.05) is 42.0 Å². The monoisotopic (exact) mass is 395 g/mol. The molecule has 1 aliphatic heterocycles. The molecule has 1 aliphatic carbocycles. The van der Waals surface area contributed by atoms with Gasteiger partial charge in [0.1, 0.15) is 5.54 Å². The topological polar surface area (TPSA) is 96.3 Å². The predicted molar refractivity (Wildman–Crippen MR) is 106 cm³/mol. The minimum atomic E-state index is -0.724. The first-order chi connectivity index (χ1) is 14.0. The molecule has 29 heavy (non-hydrogen) atoms. The normalized spacial score (nSPS) is 18.9. The van der Waals surface area contributed by atoms with Gasteiger partial charge in [0.05, 0.1) is 12.4 Å². The maximum absolute atomic E-state index is 12.6. The number of imidazole rings is 1. The molecule has 2 aliphatic rings. The number of rotatable bonds is 6. The Balaban J connectivity index is 1.30. The molecular weight excluding hydrogens is 370 g/mol. The van der Waals surface area contributed by atoms with Crippen LogP contribution in [-0.4, -0.2) is 44.4 Å². The van der Waals surface area contributed by atoms with E-state index in [-0.39, 0.29) is 36.9 Å². The molecule has 2 N–H and O–H groups in total. The quantitative estimate of drug-likeness (QED) is 0.734. The molecule has 1 saturated carbocycles.